The molecule has 1 unspecified atom stereocenters. The molecule has 0 aromatic heterocycles. The van der Waals surface area contributed by atoms with Gasteiger partial charge in [0.25, 0.3) is 0 Å². The Morgan fingerprint density at radius 3 is 2.07 bits per heavy atom. The fraction of sp³-hybridized carbons (Fsp3) is 0.143. The maximum absolute atomic E-state index is 13.7. The van der Waals surface area contributed by atoms with Crippen molar-refractivity contribution >= 4 is 50.5 Å². The third-order valence-electron chi connectivity index (χ3n) is 4.73. The van der Waals surface area contributed by atoms with Gasteiger partial charge < -0.3 is 0 Å². The Balaban J connectivity index is 1.89. The molecule has 0 saturated heterocycles. The van der Waals surface area contributed by atoms with Gasteiger partial charge in [0, 0.05) is 10.9 Å². The quantitative estimate of drug-likeness (QED) is 0.469. The van der Waals surface area contributed by atoms with E-state index in [0.29, 0.717) is 34.4 Å². The number of hydrogen-bond acceptors (Lipinski definition) is 2. The molecule has 3 aromatic rings. The first-order valence-corrected chi connectivity index (χ1v) is 11.1. The Morgan fingerprint density at radius 1 is 0.821 bits per heavy atom. The molecular formula is C21H18Cl2N2O2S. The molecule has 0 saturated carbocycles. The lowest BCUT2D eigenvalue weighted by Crippen LogP contribution is -2.38. The molecule has 1 atom stereocenters. The number of benzene rings is 3. The normalized spacial score (nSPS) is 16.1. The van der Waals surface area contributed by atoms with Crippen LogP contribution in [-0.2, 0) is 10.2 Å². The van der Waals surface area contributed by atoms with Crippen molar-refractivity contribution in [2.75, 3.05) is 14.5 Å². The lowest BCUT2D eigenvalue weighted by atomic mass is 10.0. The molecule has 0 N–H and O–H groups in total. The lowest BCUT2D eigenvalue weighted by molar-refractivity contribution is 0.579. The first-order valence-electron chi connectivity index (χ1n) is 8.84. The van der Waals surface area contributed by atoms with Crippen LogP contribution in [0.1, 0.15) is 18.0 Å². The molecular weight excluding hydrogens is 415 g/mol. The Morgan fingerprint density at radius 2 is 1.43 bits per heavy atom. The second-order valence-corrected chi connectivity index (χ2v) is 8.91. The molecule has 7 heteroatoms. The van der Waals surface area contributed by atoms with Crippen LogP contribution >= 0.6 is 23.2 Å². The minimum Gasteiger partial charge on any atom is -0.243 e. The van der Waals surface area contributed by atoms with Crippen molar-refractivity contribution < 1.29 is 8.42 Å². The van der Waals surface area contributed by atoms with Crippen molar-refractivity contribution in [3.05, 3.63) is 89.4 Å². The van der Waals surface area contributed by atoms with Crippen molar-refractivity contribution in [3.8, 4) is 0 Å². The number of nitrogens with zero attached hydrogens (tertiary/aromatic N) is 2. The predicted molar refractivity (Wildman–Crippen MR) is 116 cm³/mol. The molecule has 0 spiro atoms. The van der Waals surface area contributed by atoms with Gasteiger partial charge in [-0.25, -0.2) is 8.61 Å². The van der Waals surface area contributed by atoms with Gasteiger partial charge in [-0.3, -0.25) is 0 Å². The highest BCUT2D eigenvalue weighted by molar-refractivity contribution is 7.95. The number of alkyl halides is 1. The van der Waals surface area contributed by atoms with Crippen LogP contribution in [0.2, 0.25) is 5.02 Å². The maximum atomic E-state index is 13.7. The highest BCUT2D eigenvalue weighted by atomic mass is 35.5. The van der Waals surface area contributed by atoms with Crippen LogP contribution in [0.5, 0.6) is 0 Å². The molecule has 1 aliphatic rings. The van der Waals surface area contributed by atoms with Gasteiger partial charge in [-0.1, -0.05) is 54.1 Å². The van der Waals surface area contributed by atoms with E-state index >= 15 is 0 Å². The third kappa shape index (κ3) is 3.24. The van der Waals surface area contributed by atoms with Crippen LogP contribution in [0.15, 0.2) is 78.9 Å². The van der Waals surface area contributed by atoms with E-state index in [4.69, 9.17) is 23.2 Å². The summed E-state index contributed by atoms with van der Waals surface area (Å²) in [6, 6.07) is 23.3. The maximum Gasteiger partial charge on any atom is 0.331 e. The highest BCUT2D eigenvalue weighted by Gasteiger charge is 2.44. The number of para-hydroxylation sites is 2. The fourth-order valence-corrected chi connectivity index (χ4v) is 5.79. The van der Waals surface area contributed by atoms with Gasteiger partial charge in [0.05, 0.1) is 23.1 Å². The van der Waals surface area contributed by atoms with E-state index in [0.717, 1.165) is 5.56 Å². The van der Waals surface area contributed by atoms with E-state index in [-0.39, 0.29) is 0 Å². The average Bonchev–Trinajstić information content (AvgIpc) is 2.94. The molecule has 0 radical (unpaired) electrons. The smallest absolute Gasteiger partial charge is 0.243 e. The zero-order valence-electron chi connectivity index (χ0n) is 14.9. The van der Waals surface area contributed by atoms with E-state index in [9.17, 15) is 8.42 Å². The van der Waals surface area contributed by atoms with Crippen molar-refractivity contribution in [1.82, 2.24) is 0 Å². The van der Waals surface area contributed by atoms with Crippen LogP contribution in [0.3, 0.4) is 0 Å². The molecule has 1 aliphatic heterocycles. The predicted octanol–water partition coefficient (Wildman–Crippen LogP) is 5.91. The summed E-state index contributed by atoms with van der Waals surface area (Å²) in [5.41, 5.74) is 2.69. The molecule has 3 aromatic carbocycles. The summed E-state index contributed by atoms with van der Waals surface area (Å²) in [4.78, 5) is 0. The van der Waals surface area contributed by atoms with E-state index < -0.39 is 16.3 Å². The Bertz CT molecular complexity index is 1070. The molecule has 0 fully saturated rings. The van der Waals surface area contributed by atoms with Gasteiger partial charge in [-0.15, -0.1) is 11.6 Å². The summed E-state index contributed by atoms with van der Waals surface area (Å²) in [5.74, 6) is 0.342. The van der Waals surface area contributed by atoms with E-state index in [1.165, 1.54) is 8.61 Å². The van der Waals surface area contributed by atoms with E-state index in [1.54, 1.807) is 24.3 Å². The van der Waals surface area contributed by atoms with Crippen LogP contribution < -0.4 is 8.61 Å². The summed E-state index contributed by atoms with van der Waals surface area (Å²) >= 11 is 12.1. The fourth-order valence-electron chi connectivity index (χ4n) is 3.53. The van der Waals surface area contributed by atoms with Crippen molar-refractivity contribution in [2.45, 2.75) is 12.5 Å². The molecule has 0 bridgehead atoms. The molecule has 28 heavy (non-hydrogen) atoms. The second kappa shape index (κ2) is 7.66. The Hall–Kier alpha value is -2.21. The van der Waals surface area contributed by atoms with Crippen LogP contribution in [0.25, 0.3) is 0 Å². The molecule has 144 valence electrons. The van der Waals surface area contributed by atoms with Gasteiger partial charge in [0.2, 0.25) is 0 Å². The van der Waals surface area contributed by atoms with Crippen LogP contribution in [0, 0.1) is 0 Å². The van der Waals surface area contributed by atoms with Gasteiger partial charge in [0.15, 0.2) is 0 Å². The molecule has 0 amide bonds. The van der Waals surface area contributed by atoms with Crippen LogP contribution in [0.4, 0.5) is 17.1 Å². The largest absolute Gasteiger partial charge is 0.331 e. The zero-order valence-corrected chi connectivity index (χ0v) is 17.2. The second-order valence-electron chi connectivity index (χ2n) is 6.44. The van der Waals surface area contributed by atoms with Crippen molar-refractivity contribution in [3.63, 3.8) is 0 Å². The average molecular weight is 433 g/mol. The van der Waals surface area contributed by atoms with Gasteiger partial charge >= 0.3 is 10.2 Å². The number of rotatable bonds is 5. The first kappa shape index (κ1) is 19.1. The van der Waals surface area contributed by atoms with Crippen molar-refractivity contribution in [1.29, 1.82) is 0 Å². The number of halogens is 2. The minimum atomic E-state index is -3.86. The minimum absolute atomic E-state index is 0.342. The standard InChI is InChI=1S/C21H18Cl2N2O2S/c22-15-14-19(16-6-2-1-3-7-16)25-21-9-5-4-8-20(21)24(28(25,26)27)18-12-10-17(23)11-13-18/h1-13,19H,14-15H2. The third-order valence-corrected chi connectivity index (χ3v) is 7.02. The molecule has 0 aliphatic carbocycles. The van der Waals surface area contributed by atoms with E-state index in [1.807, 2.05) is 54.6 Å². The molecule has 1 heterocycles. The number of hydrogen-bond donors (Lipinski definition) is 0. The summed E-state index contributed by atoms with van der Waals surface area (Å²) < 4.78 is 30.2. The monoisotopic (exact) mass is 432 g/mol. The van der Waals surface area contributed by atoms with E-state index in [2.05, 4.69) is 0 Å². The first-order chi connectivity index (χ1) is 13.5. The highest BCUT2D eigenvalue weighted by Crippen LogP contribution is 2.49. The molecule has 4 rings (SSSR count). The summed E-state index contributed by atoms with van der Waals surface area (Å²) in [6.45, 7) is 0. The van der Waals surface area contributed by atoms with Gasteiger partial charge in [-0.05, 0) is 48.4 Å². The van der Waals surface area contributed by atoms with Gasteiger partial charge in [0.1, 0.15) is 0 Å². The Kier molecular flexibility index (Phi) is 5.23. The number of anilines is 3. The molecule has 4 nitrogen and oxygen atoms in total. The van der Waals surface area contributed by atoms with Gasteiger partial charge in [-0.2, -0.15) is 8.42 Å². The number of fused-ring (bicyclic) bond motifs is 1. The zero-order chi connectivity index (χ0) is 19.7. The topological polar surface area (TPSA) is 40.6 Å². The van der Waals surface area contributed by atoms with Crippen molar-refractivity contribution in [2.24, 2.45) is 0 Å². The lowest BCUT2D eigenvalue weighted by Gasteiger charge is -2.29. The summed E-state index contributed by atoms with van der Waals surface area (Å²) in [7, 11) is -3.86. The SMILES string of the molecule is O=S1(=O)N(c2ccc(Cl)cc2)c2ccccc2N1C(CCCl)c1ccccc1. The Labute approximate surface area is 175 Å². The summed E-state index contributed by atoms with van der Waals surface area (Å²) in [6.07, 6.45) is 0.494. The van der Waals surface area contributed by atoms with Crippen LogP contribution in [-0.4, -0.2) is 14.3 Å². The summed E-state index contributed by atoms with van der Waals surface area (Å²) in [5, 5.41) is 0.551.